The van der Waals surface area contributed by atoms with Gasteiger partial charge >= 0.3 is 0 Å². The van der Waals surface area contributed by atoms with Crippen LogP contribution in [0.4, 0.5) is 5.69 Å². The number of carbonyl (C=O) groups is 1. The zero-order valence-corrected chi connectivity index (χ0v) is 16.6. The van der Waals surface area contributed by atoms with Gasteiger partial charge in [-0.1, -0.05) is 12.6 Å². The van der Waals surface area contributed by atoms with Crippen LogP contribution in [0.15, 0.2) is 60.7 Å². The second-order valence-electron chi connectivity index (χ2n) is 6.37. The average Bonchev–Trinajstić information content (AvgIpc) is 2.60. The summed E-state index contributed by atoms with van der Waals surface area (Å²) < 4.78 is 11.2. The minimum absolute atomic E-state index is 0.0802. The third-order valence-electron chi connectivity index (χ3n) is 3.29. The molecular formula is C21H24N2O3S. The molecule has 27 heavy (non-hydrogen) atoms. The molecule has 0 aliphatic rings. The van der Waals surface area contributed by atoms with E-state index < -0.39 is 0 Å². The van der Waals surface area contributed by atoms with Crippen molar-refractivity contribution in [1.82, 2.24) is 5.32 Å². The number of hydrogen-bond acceptors (Lipinski definition) is 4. The molecule has 2 aromatic rings. The van der Waals surface area contributed by atoms with Gasteiger partial charge in [0.15, 0.2) is 5.11 Å². The molecular weight excluding hydrogens is 360 g/mol. The molecule has 0 fully saturated rings. The Morgan fingerprint density at radius 3 is 2.48 bits per heavy atom. The van der Waals surface area contributed by atoms with Crippen LogP contribution in [0, 0.1) is 0 Å². The first-order chi connectivity index (χ1) is 12.8. The van der Waals surface area contributed by atoms with Crippen molar-refractivity contribution in [3.63, 3.8) is 0 Å². The van der Waals surface area contributed by atoms with Crippen LogP contribution in [0.1, 0.15) is 31.1 Å². The van der Waals surface area contributed by atoms with Gasteiger partial charge in [0, 0.05) is 17.3 Å². The van der Waals surface area contributed by atoms with E-state index >= 15 is 0 Å². The molecule has 2 rings (SSSR count). The first-order valence-corrected chi connectivity index (χ1v) is 9.00. The maximum Gasteiger partial charge on any atom is 0.257 e. The first-order valence-electron chi connectivity index (χ1n) is 8.60. The Hall–Kier alpha value is -2.86. The van der Waals surface area contributed by atoms with Crippen molar-refractivity contribution in [1.29, 1.82) is 0 Å². The van der Waals surface area contributed by atoms with Crippen molar-refractivity contribution >= 4 is 28.9 Å². The normalized spacial score (nSPS) is 10.2. The number of hydrogen-bond donors (Lipinski definition) is 2. The van der Waals surface area contributed by atoms with E-state index in [0.29, 0.717) is 23.7 Å². The monoisotopic (exact) mass is 384 g/mol. The van der Waals surface area contributed by atoms with Crippen LogP contribution in [0.3, 0.4) is 0 Å². The number of benzene rings is 2. The largest absolute Gasteiger partial charge is 0.491 e. The number of carbonyl (C=O) groups excluding carboxylic acids is 1. The second kappa shape index (κ2) is 9.73. The number of nitrogens with one attached hydrogen (secondary N) is 2. The standard InChI is InChI=1S/C21H24N2O3S/c1-14(2)13-25-19-7-5-6-17(12-19)22-21(27)23-20(24)16-8-10-18(11-9-16)26-15(3)4/h5-12,15H,1,13H2,2-4H3,(H2,22,23,24,27). The van der Waals surface area contributed by atoms with E-state index in [4.69, 9.17) is 21.7 Å². The van der Waals surface area contributed by atoms with Crippen molar-refractivity contribution in [3.8, 4) is 11.5 Å². The van der Waals surface area contributed by atoms with Crippen LogP contribution in [-0.4, -0.2) is 23.7 Å². The van der Waals surface area contributed by atoms with Gasteiger partial charge in [-0.3, -0.25) is 10.1 Å². The van der Waals surface area contributed by atoms with E-state index in [1.54, 1.807) is 30.3 Å². The predicted octanol–water partition coefficient (Wildman–Crippen LogP) is 4.56. The summed E-state index contributed by atoms with van der Waals surface area (Å²) >= 11 is 5.22. The smallest absolute Gasteiger partial charge is 0.257 e. The van der Waals surface area contributed by atoms with Gasteiger partial charge in [-0.15, -0.1) is 0 Å². The van der Waals surface area contributed by atoms with Crippen molar-refractivity contribution in [2.75, 3.05) is 11.9 Å². The topological polar surface area (TPSA) is 59.6 Å². The van der Waals surface area contributed by atoms with Crippen molar-refractivity contribution < 1.29 is 14.3 Å². The Labute approximate surface area is 165 Å². The lowest BCUT2D eigenvalue weighted by Gasteiger charge is -2.12. The molecule has 5 nitrogen and oxygen atoms in total. The summed E-state index contributed by atoms with van der Waals surface area (Å²) in [7, 11) is 0. The SMILES string of the molecule is C=C(C)COc1cccc(NC(=S)NC(=O)c2ccc(OC(C)C)cc2)c1. The summed E-state index contributed by atoms with van der Waals surface area (Å²) in [6, 6.07) is 14.2. The van der Waals surface area contributed by atoms with Gasteiger partial charge in [-0.05, 0) is 75.0 Å². The Morgan fingerprint density at radius 1 is 1.15 bits per heavy atom. The number of anilines is 1. The average molecular weight is 385 g/mol. The number of rotatable bonds is 7. The maximum absolute atomic E-state index is 12.3. The highest BCUT2D eigenvalue weighted by Gasteiger charge is 2.09. The summed E-state index contributed by atoms with van der Waals surface area (Å²) in [5.41, 5.74) is 2.15. The molecule has 0 spiro atoms. The van der Waals surface area contributed by atoms with Crippen molar-refractivity contribution in [2.24, 2.45) is 0 Å². The third kappa shape index (κ3) is 7.11. The highest BCUT2D eigenvalue weighted by Crippen LogP contribution is 2.18. The molecule has 6 heteroatoms. The zero-order valence-electron chi connectivity index (χ0n) is 15.7. The molecule has 0 aliphatic heterocycles. The van der Waals surface area contributed by atoms with Gasteiger partial charge < -0.3 is 14.8 Å². The molecule has 0 bridgehead atoms. The van der Waals surface area contributed by atoms with Crippen LogP contribution in [0.25, 0.3) is 0 Å². The molecule has 0 atom stereocenters. The number of thiocarbonyl (C=S) groups is 1. The fourth-order valence-electron chi connectivity index (χ4n) is 2.16. The van der Waals surface area contributed by atoms with Gasteiger partial charge in [-0.25, -0.2) is 0 Å². The highest BCUT2D eigenvalue weighted by atomic mass is 32.1. The van der Waals surface area contributed by atoms with E-state index in [-0.39, 0.29) is 17.1 Å². The highest BCUT2D eigenvalue weighted by molar-refractivity contribution is 7.80. The predicted molar refractivity (Wildman–Crippen MR) is 113 cm³/mol. The Balaban J connectivity index is 1.92. The fourth-order valence-corrected chi connectivity index (χ4v) is 2.38. The van der Waals surface area contributed by atoms with Crippen LogP contribution in [-0.2, 0) is 0 Å². The van der Waals surface area contributed by atoms with E-state index in [0.717, 1.165) is 11.3 Å². The maximum atomic E-state index is 12.3. The van der Waals surface area contributed by atoms with Gasteiger partial charge in [0.05, 0.1) is 6.10 Å². The summed E-state index contributed by atoms with van der Waals surface area (Å²) in [4.78, 5) is 12.3. The van der Waals surface area contributed by atoms with E-state index in [1.807, 2.05) is 39.0 Å². The lowest BCUT2D eigenvalue weighted by Crippen LogP contribution is -2.34. The molecule has 0 unspecified atom stereocenters. The Kier molecular flexibility index (Phi) is 7.37. The molecule has 0 saturated carbocycles. The molecule has 1 amide bonds. The zero-order chi connectivity index (χ0) is 19.8. The van der Waals surface area contributed by atoms with Crippen LogP contribution in [0.2, 0.25) is 0 Å². The Bertz CT molecular complexity index is 816. The summed E-state index contributed by atoms with van der Waals surface area (Å²) in [6.07, 6.45) is 0.0802. The lowest BCUT2D eigenvalue weighted by molar-refractivity contribution is 0.0977. The van der Waals surface area contributed by atoms with E-state index in [2.05, 4.69) is 17.2 Å². The van der Waals surface area contributed by atoms with Gasteiger partial charge in [0.25, 0.3) is 5.91 Å². The van der Waals surface area contributed by atoms with Crippen molar-refractivity contribution in [3.05, 3.63) is 66.2 Å². The number of amides is 1. The van der Waals surface area contributed by atoms with E-state index in [1.165, 1.54) is 0 Å². The van der Waals surface area contributed by atoms with E-state index in [9.17, 15) is 4.79 Å². The third-order valence-corrected chi connectivity index (χ3v) is 3.50. The molecule has 0 radical (unpaired) electrons. The van der Waals surface area contributed by atoms with Crippen LogP contribution >= 0.6 is 12.2 Å². The van der Waals surface area contributed by atoms with Gasteiger partial charge in [0.1, 0.15) is 18.1 Å². The molecule has 2 N–H and O–H groups in total. The molecule has 0 aromatic heterocycles. The quantitative estimate of drug-likeness (QED) is 0.541. The number of ether oxygens (including phenoxy) is 2. The summed E-state index contributed by atoms with van der Waals surface area (Å²) in [5.74, 6) is 1.12. The van der Waals surface area contributed by atoms with Crippen molar-refractivity contribution in [2.45, 2.75) is 26.9 Å². The molecule has 2 aromatic carbocycles. The molecule has 0 saturated heterocycles. The Morgan fingerprint density at radius 2 is 1.85 bits per heavy atom. The summed E-state index contributed by atoms with van der Waals surface area (Å²) in [5, 5.41) is 5.85. The molecule has 142 valence electrons. The van der Waals surface area contributed by atoms with Gasteiger partial charge in [0.2, 0.25) is 0 Å². The summed E-state index contributed by atoms with van der Waals surface area (Å²) in [6.45, 7) is 10.0. The molecule has 0 heterocycles. The molecule has 0 aliphatic carbocycles. The minimum Gasteiger partial charge on any atom is -0.491 e. The fraction of sp³-hybridized carbons (Fsp3) is 0.238. The van der Waals surface area contributed by atoms with Gasteiger partial charge in [-0.2, -0.15) is 0 Å². The minimum atomic E-state index is -0.293. The lowest BCUT2D eigenvalue weighted by atomic mass is 10.2. The van der Waals surface area contributed by atoms with Crippen LogP contribution in [0.5, 0.6) is 11.5 Å². The second-order valence-corrected chi connectivity index (χ2v) is 6.78. The van der Waals surface area contributed by atoms with Crippen LogP contribution < -0.4 is 20.1 Å². The first kappa shape index (κ1) is 20.5.